The summed E-state index contributed by atoms with van der Waals surface area (Å²) in [6, 6.07) is 1.18. The van der Waals surface area contributed by atoms with Gasteiger partial charge in [0, 0.05) is 18.7 Å². The molecule has 0 bridgehead atoms. The zero-order valence-electron chi connectivity index (χ0n) is 12.1. The van der Waals surface area contributed by atoms with E-state index in [4.69, 9.17) is 0 Å². The van der Waals surface area contributed by atoms with E-state index in [9.17, 15) is 5.11 Å². The van der Waals surface area contributed by atoms with Gasteiger partial charge in [0.05, 0.1) is 0 Å². The Morgan fingerprint density at radius 1 is 1.22 bits per heavy atom. The lowest BCUT2D eigenvalue weighted by atomic mass is 9.89. The van der Waals surface area contributed by atoms with Crippen molar-refractivity contribution in [1.29, 1.82) is 0 Å². The van der Waals surface area contributed by atoms with Gasteiger partial charge in [-0.1, -0.05) is 13.3 Å². The van der Waals surface area contributed by atoms with Gasteiger partial charge < -0.3 is 15.3 Å². The summed E-state index contributed by atoms with van der Waals surface area (Å²) in [5.74, 6) is 1.33. The maximum absolute atomic E-state index is 9.38. The van der Waals surface area contributed by atoms with Crippen molar-refractivity contribution in [3.63, 3.8) is 0 Å². The molecule has 3 unspecified atom stereocenters. The molecule has 3 atom stereocenters. The number of hydrogen-bond acceptors (Lipinski definition) is 3. The Hall–Kier alpha value is -0.120. The summed E-state index contributed by atoms with van der Waals surface area (Å²) >= 11 is 0. The average molecular weight is 254 g/mol. The SMILES string of the molecule is CCN1CCC(C(C)NC2CCCC2CO)CC1. The number of likely N-dealkylation sites (tertiary alicyclic amines) is 1. The first-order valence-corrected chi connectivity index (χ1v) is 7.83. The van der Waals surface area contributed by atoms with E-state index in [0.717, 1.165) is 5.92 Å². The molecule has 1 aliphatic carbocycles. The molecule has 1 aliphatic heterocycles. The number of aliphatic hydroxyl groups excluding tert-OH is 1. The van der Waals surface area contributed by atoms with Gasteiger partial charge in [-0.05, 0) is 64.1 Å². The first-order chi connectivity index (χ1) is 8.74. The molecule has 1 saturated heterocycles. The monoisotopic (exact) mass is 254 g/mol. The van der Waals surface area contributed by atoms with Gasteiger partial charge in [0.25, 0.3) is 0 Å². The van der Waals surface area contributed by atoms with Gasteiger partial charge in [-0.2, -0.15) is 0 Å². The standard InChI is InChI=1S/C15H30N2O/c1-3-17-9-7-13(8-10-17)12(2)16-15-6-4-5-14(15)11-18/h12-16,18H,3-11H2,1-2H3. The summed E-state index contributed by atoms with van der Waals surface area (Å²) in [5.41, 5.74) is 0. The fraction of sp³-hybridized carbons (Fsp3) is 1.00. The van der Waals surface area contributed by atoms with Crippen LogP contribution in [0.2, 0.25) is 0 Å². The maximum Gasteiger partial charge on any atom is 0.0474 e. The number of hydrogen-bond donors (Lipinski definition) is 2. The zero-order valence-corrected chi connectivity index (χ0v) is 12.1. The van der Waals surface area contributed by atoms with E-state index in [1.54, 1.807) is 0 Å². The molecule has 1 saturated carbocycles. The second kappa shape index (κ2) is 6.88. The first-order valence-electron chi connectivity index (χ1n) is 7.83. The van der Waals surface area contributed by atoms with E-state index in [0.29, 0.717) is 24.6 Å². The molecule has 106 valence electrons. The quantitative estimate of drug-likeness (QED) is 0.786. The topological polar surface area (TPSA) is 35.5 Å². The number of nitrogens with zero attached hydrogens (tertiary/aromatic N) is 1. The highest BCUT2D eigenvalue weighted by molar-refractivity contribution is 4.87. The van der Waals surface area contributed by atoms with Crippen molar-refractivity contribution in [2.24, 2.45) is 11.8 Å². The molecule has 2 rings (SSSR count). The Bertz CT molecular complexity index is 239. The molecular weight excluding hydrogens is 224 g/mol. The van der Waals surface area contributed by atoms with Crippen molar-refractivity contribution in [3.8, 4) is 0 Å². The molecule has 0 aromatic carbocycles. The van der Waals surface area contributed by atoms with E-state index in [-0.39, 0.29) is 0 Å². The summed E-state index contributed by atoms with van der Waals surface area (Å²) in [6.07, 6.45) is 6.40. The zero-order chi connectivity index (χ0) is 13.0. The Morgan fingerprint density at radius 3 is 2.56 bits per heavy atom. The van der Waals surface area contributed by atoms with E-state index in [2.05, 4.69) is 24.1 Å². The van der Waals surface area contributed by atoms with Gasteiger partial charge in [-0.3, -0.25) is 0 Å². The third-order valence-electron chi connectivity index (χ3n) is 5.16. The number of aliphatic hydroxyl groups is 1. The van der Waals surface area contributed by atoms with Gasteiger partial charge in [0.1, 0.15) is 0 Å². The average Bonchev–Trinajstić information content (AvgIpc) is 2.86. The van der Waals surface area contributed by atoms with Crippen LogP contribution in [-0.2, 0) is 0 Å². The normalized spacial score (nSPS) is 32.8. The highest BCUT2D eigenvalue weighted by atomic mass is 16.3. The third kappa shape index (κ3) is 3.46. The highest BCUT2D eigenvalue weighted by Gasteiger charge is 2.30. The second-order valence-electron chi connectivity index (χ2n) is 6.21. The fourth-order valence-electron chi connectivity index (χ4n) is 3.72. The Kier molecular flexibility index (Phi) is 5.46. The van der Waals surface area contributed by atoms with Crippen molar-refractivity contribution < 1.29 is 5.11 Å². The lowest BCUT2D eigenvalue weighted by molar-refractivity contribution is 0.150. The van der Waals surface area contributed by atoms with E-state index >= 15 is 0 Å². The van der Waals surface area contributed by atoms with Crippen LogP contribution in [0.3, 0.4) is 0 Å². The largest absolute Gasteiger partial charge is 0.396 e. The predicted molar refractivity (Wildman–Crippen MR) is 75.7 cm³/mol. The summed E-state index contributed by atoms with van der Waals surface area (Å²) in [4.78, 5) is 2.55. The molecule has 0 aromatic rings. The lowest BCUT2D eigenvalue weighted by Gasteiger charge is -2.36. The molecule has 1 heterocycles. The van der Waals surface area contributed by atoms with Gasteiger partial charge >= 0.3 is 0 Å². The summed E-state index contributed by atoms with van der Waals surface area (Å²) in [6.45, 7) is 8.69. The molecule has 0 amide bonds. The van der Waals surface area contributed by atoms with E-state index in [1.807, 2.05) is 0 Å². The van der Waals surface area contributed by atoms with E-state index < -0.39 is 0 Å². The minimum absolute atomic E-state index is 0.360. The molecule has 0 spiro atoms. The highest BCUT2D eigenvalue weighted by Crippen LogP contribution is 2.27. The van der Waals surface area contributed by atoms with Crippen molar-refractivity contribution in [1.82, 2.24) is 10.2 Å². The summed E-state index contributed by atoms with van der Waals surface area (Å²) in [5, 5.41) is 13.2. The van der Waals surface area contributed by atoms with Crippen LogP contribution in [0.4, 0.5) is 0 Å². The smallest absolute Gasteiger partial charge is 0.0474 e. The summed E-state index contributed by atoms with van der Waals surface area (Å²) < 4.78 is 0. The molecule has 2 fully saturated rings. The Balaban J connectivity index is 1.76. The van der Waals surface area contributed by atoms with Crippen LogP contribution in [0, 0.1) is 11.8 Å². The first kappa shape index (κ1) is 14.3. The van der Waals surface area contributed by atoms with E-state index in [1.165, 1.54) is 51.7 Å². The van der Waals surface area contributed by atoms with Gasteiger partial charge in [0.15, 0.2) is 0 Å². The predicted octanol–water partition coefficient (Wildman–Crippen LogP) is 1.86. The van der Waals surface area contributed by atoms with Crippen molar-refractivity contribution in [3.05, 3.63) is 0 Å². The molecule has 3 heteroatoms. The number of nitrogens with one attached hydrogen (secondary N) is 1. The Labute approximate surface area is 112 Å². The molecule has 2 N–H and O–H groups in total. The number of rotatable bonds is 5. The molecule has 2 aliphatic rings. The number of piperidine rings is 1. The van der Waals surface area contributed by atoms with Gasteiger partial charge in [-0.25, -0.2) is 0 Å². The maximum atomic E-state index is 9.38. The van der Waals surface area contributed by atoms with Crippen LogP contribution in [0.5, 0.6) is 0 Å². The summed E-state index contributed by atoms with van der Waals surface area (Å²) in [7, 11) is 0. The van der Waals surface area contributed by atoms with Gasteiger partial charge in [-0.15, -0.1) is 0 Å². The molecule has 0 aromatic heterocycles. The van der Waals surface area contributed by atoms with Crippen molar-refractivity contribution in [2.75, 3.05) is 26.2 Å². The third-order valence-corrected chi connectivity index (χ3v) is 5.16. The fourth-order valence-corrected chi connectivity index (χ4v) is 3.72. The molecular formula is C15H30N2O. The van der Waals surface area contributed by atoms with Crippen LogP contribution in [0.1, 0.15) is 46.0 Å². The van der Waals surface area contributed by atoms with Gasteiger partial charge in [0.2, 0.25) is 0 Å². The Morgan fingerprint density at radius 2 is 1.94 bits per heavy atom. The second-order valence-corrected chi connectivity index (χ2v) is 6.21. The molecule has 18 heavy (non-hydrogen) atoms. The van der Waals surface area contributed by atoms with Crippen LogP contribution in [-0.4, -0.2) is 48.3 Å². The lowest BCUT2D eigenvalue weighted by Crippen LogP contribution is -2.46. The van der Waals surface area contributed by atoms with Crippen LogP contribution in [0.25, 0.3) is 0 Å². The van der Waals surface area contributed by atoms with Crippen LogP contribution >= 0.6 is 0 Å². The molecule has 0 radical (unpaired) electrons. The van der Waals surface area contributed by atoms with Crippen molar-refractivity contribution in [2.45, 2.75) is 58.0 Å². The molecule has 3 nitrogen and oxygen atoms in total. The van der Waals surface area contributed by atoms with Crippen molar-refractivity contribution >= 4 is 0 Å². The van der Waals surface area contributed by atoms with Crippen LogP contribution in [0.15, 0.2) is 0 Å². The minimum Gasteiger partial charge on any atom is -0.396 e. The van der Waals surface area contributed by atoms with Crippen LogP contribution < -0.4 is 5.32 Å². The minimum atomic E-state index is 0.360.